The van der Waals surface area contributed by atoms with E-state index in [1.807, 2.05) is 14.0 Å². The second kappa shape index (κ2) is 11.3. The lowest BCUT2D eigenvalue weighted by atomic mass is 9.97. The number of hydrogen-bond acceptors (Lipinski definition) is 4. The maximum absolute atomic E-state index is 11.8. The Kier molecular flexibility index (Phi) is 9.08. The minimum absolute atomic E-state index is 0.0400. The van der Waals surface area contributed by atoms with Gasteiger partial charge < -0.3 is 19.7 Å². The summed E-state index contributed by atoms with van der Waals surface area (Å²) in [5.41, 5.74) is 0. The average Bonchev–Trinajstić information content (AvgIpc) is 2.66. The van der Waals surface area contributed by atoms with Crippen LogP contribution in [-0.4, -0.2) is 62.8 Å². The zero-order chi connectivity index (χ0) is 17.9. The fourth-order valence-electron chi connectivity index (χ4n) is 3.67. The molecule has 2 aliphatic rings. The molecular weight excluding hydrogens is 318 g/mol. The normalized spacial score (nSPS) is 20.6. The second-order valence-corrected chi connectivity index (χ2v) is 6.97. The summed E-state index contributed by atoms with van der Waals surface area (Å²) in [5.74, 6) is 0.920. The van der Waals surface area contributed by atoms with E-state index in [4.69, 9.17) is 9.47 Å². The van der Waals surface area contributed by atoms with Crippen LogP contribution in [0.15, 0.2) is 4.99 Å². The smallest absolute Gasteiger partial charge is 0.309 e. The first-order chi connectivity index (χ1) is 12.2. The van der Waals surface area contributed by atoms with Crippen LogP contribution in [0.25, 0.3) is 0 Å². The number of ether oxygens (including phenoxy) is 2. The van der Waals surface area contributed by atoms with E-state index in [9.17, 15) is 4.79 Å². The van der Waals surface area contributed by atoms with E-state index in [0.29, 0.717) is 12.7 Å². The summed E-state index contributed by atoms with van der Waals surface area (Å²) in [6, 6.07) is 0. The van der Waals surface area contributed by atoms with Gasteiger partial charge in [0.15, 0.2) is 5.96 Å². The molecular formula is C19H35N3O3. The first kappa shape index (κ1) is 20.0. The summed E-state index contributed by atoms with van der Waals surface area (Å²) in [5, 5.41) is 3.43. The van der Waals surface area contributed by atoms with Gasteiger partial charge in [-0.15, -0.1) is 0 Å². The number of likely N-dealkylation sites (tertiary alicyclic amines) is 1. The van der Waals surface area contributed by atoms with Crippen LogP contribution in [-0.2, 0) is 14.3 Å². The highest BCUT2D eigenvalue weighted by Gasteiger charge is 2.27. The van der Waals surface area contributed by atoms with Crippen molar-refractivity contribution < 1.29 is 14.3 Å². The minimum atomic E-state index is -0.0510. The number of carbonyl (C=O) groups is 1. The number of piperidine rings is 1. The lowest BCUT2D eigenvalue weighted by Crippen LogP contribution is -2.47. The third-order valence-electron chi connectivity index (χ3n) is 5.14. The Bertz CT molecular complexity index is 414. The quantitative estimate of drug-likeness (QED) is 0.330. The summed E-state index contributed by atoms with van der Waals surface area (Å²) in [6.45, 7) is 5.71. The van der Waals surface area contributed by atoms with Crippen molar-refractivity contribution in [2.24, 2.45) is 10.9 Å². The first-order valence-corrected chi connectivity index (χ1v) is 9.98. The fraction of sp³-hybridized carbons (Fsp3) is 0.895. The van der Waals surface area contributed by atoms with E-state index in [1.54, 1.807) is 0 Å². The molecule has 0 bridgehead atoms. The molecule has 1 saturated heterocycles. The van der Waals surface area contributed by atoms with Gasteiger partial charge in [-0.05, 0) is 39.0 Å². The van der Waals surface area contributed by atoms with Gasteiger partial charge in [-0.1, -0.05) is 19.3 Å². The van der Waals surface area contributed by atoms with Gasteiger partial charge in [-0.3, -0.25) is 9.79 Å². The molecule has 0 aromatic heterocycles. The maximum atomic E-state index is 11.8. The number of nitrogens with one attached hydrogen (secondary N) is 1. The van der Waals surface area contributed by atoms with Crippen molar-refractivity contribution in [3.63, 3.8) is 0 Å². The van der Waals surface area contributed by atoms with Crippen molar-refractivity contribution in [3.05, 3.63) is 0 Å². The van der Waals surface area contributed by atoms with Gasteiger partial charge in [0, 0.05) is 33.3 Å². The monoisotopic (exact) mass is 353 g/mol. The van der Waals surface area contributed by atoms with Crippen molar-refractivity contribution in [3.8, 4) is 0 Å². The molecule has 0 atom stereocenters. The molecule has 0 spiro atoms. The highest BCUT2D eigenvalue weighted by Crippen LogP contribution is 2.20. The molecule has 0 amide bonds. The zero-order valence-corrected chi connectivity index (χ0v) is 16.0. The molecule has 1 aliphatic heterocycles. The fourth-order valence-corrected chi connectivity index (χ4v) is 3.67. The van der Waals surface area contributed by atoms with Gasteiger partial charge in [-0.25, -0.2) is 0 Å². The molecule has 1 aliphatic carbocycles. The predicted octanol–water partition coefficient (Wildman–Crippen LogP) is 2.58. The summed E-state index contributed by atoms with van der Waals surface area (Å²) in [4.78, 5) is 18.4. The standard InChI is InChI=1S/C19H35N3O3/c1-3-24-18(23)16-10-13-22(14-11-16)19(20-2)21-12-7-15-25-17-8-5-4-6-9-17/h16-17H,3-15H2,1-2H3,(H,20,21). The summed E-state index contributed by atoms with van der Waals surface area (Å²) < 4.78 is 11.1. The van der Waals surface area contributed by atoms with Gasteiger partial charge in [0.2, 0.25) is 0 Å². The average molecular weight is 354 g/mol. The molecule has 0 aromatic rings. The molecule has 2 fully saturated rings. The molecule has 2 rings (SSSR count). The number of carbonyl (C=O) groups excluding carboxylic acids is 1. The van der Waals surface area contributed by atoms with Crippen molar-refractivity contribution in [1.82, 2.24) is 10.2 Å². The Labute approximate surface area is 152 Å². The third kappa shape index (κ3) is 6.84. The molecule has 1 heterocycles. The molecule has 1 N–H and O–H groups in total. The number of nitrogens with zero attached hydrogens (tertiary/aromatic N) is 2. The van der Waals surface area contributed by atoms with Gasteiger partial charge in [0.1, 0.15) is 0 Å². The first-order valence-electron chi connectivity index (χ1n) is 9.98. The summed E-state index contributed by atoms with van der Waals surface area (Å²) >= 11 is 0. The van der Waals surface area contributed by atoms with Crippen LogP contribution in [0.4, 0.5) is 0 Å². The number of esters is 1. The van der Waals surface area contributed by atoms with E-state index in [1.165, 1.54) is 32.1 Å². The van der Waals surface area contributed by atoms with Crippen LogP contribution in [0.2, 0.25) is 0 Å². The lowest BCUT2D eigenvalue weighted by Gasteiger charge is -2.33. The maximum Gasteiger partial charge on any atom is 0.309 e. The molecule has 1 saturated carbocycles. The van der Waals surface area contributed by atoms with Gasteiger partial charge in [-0.2, -0.15) is 0 Å². The van der Waals surface area contributed by atoms with Crippen LogP contribution in [0.3, 0.4) is 0 Å². The molecule has 0 aromatic carbocycles. The van der Waals surface area contributed by atoms with Crippen molar-refractivity contribution >= 4 is 11.9 Å². The predicted molar refractivity (Wildman–Crippen MR) is 99.7 cm³/mol. The van der Waals surface area contributed by atoms with Crippen molar-refractivity contribution in [1.29, 1.82) is 0 Å². The van der Waals surface area contributed by atoms with Crippen LogP contribution >= 0.6 is 0 Å². The van der Waals surface area contributed by atoms with Crippen molar-refractivity contribution in [2.45, 2.75) is 64.4 Å². The molecule has 144 valence electrons. The number of aliphatic imine (C=N–C) groups is 1. The Morgan fingerprint density at radius 2 is 1.88 bits per heavy atom. The largest absolute Gasteiger partial charge is 0.466 e. The third-order valence-corrected chi connectivity index (χ3v) is 5.14. The number of rotatable bonds is 7. The van der Waals surface area contributed by atoms with Gasteiger partial charge >= 0.3 is 5.97 Å². The van der Waals surface area contributed by atoms with Crippen LogP contribution in [0.1, 0.15) is 58.3 Å². The van der Waals surface area contributed by atoms with Gasteiger partial charge in [0.25, 0.3) is 0 Å². The lowest BCUT2D eigenvalue weighted by molar-refractivity contribution is -0.149. The Balaban J connectivity index is 1.60. The molecule has 0 radical (unpaired) electrons. The minimum Gasteiger partial charge on any atom is -0.466 e. The molecule has 0 unspecified atom stereocenters. The Morgan fingerprint density at radius 1 is 1.16 bits per heavy atom. The highest BCUT2D eigenvalue weighted by molar-refractivity contribution is 5.80. The summed E-state index contributed by atoms with van der Waals surface area (Å²) in [6.07, 6.45) is 9.60. The molecule has 6 nitrogen and oxygen atoms in total. The van der Waals surface area contributed by atoms with E-state index in [2.05, 4.69) is 15.2 Å². The SMILES string of the molecule is CCOC(=O)C1CCN(C(=NC)NCCCOC2CCCCC2)CC1. The second-order valence-electron chi connectivity index (χ2n) is 6.97. The van der Waals surface area contributed by atoms with E-state index >= 15 is 0 Å². The van der Waals surface area contributed by atoms with Crippen LogP contribution in [0.5, 0.6) is 0 Å². The molecule has 6 heteroatoms. The van der Waals surface area contributed by atoms with Gasteiger partial charge in [0.05, 0.1) is 18.6 Å². The molecule has 25 heavy (non-hydrogen) atoms. The van der Waals surface area contributed by atoms with E-state index in [0.717, 1.165) is 51.5 Å². The highest BCUT2D eigenvalue weighted by atomic mass is 16.5. The Hall–Kier alpha value is -1.30. The number of guanidine groups is 1. The van der Waals surface area contributed by atoms with E-state index < -0.39 is 0 Å². The van der Waals surface area contributed by atoms with Crippen LogP contribution in [0, 0.1) is 5.92 Å². The van der Waals surface area contributed by atoms with Crippen molar-refractivity contribution in [2.75, 3.05) is 39.9 Å². The topological polar surface area (TPSA) is 63.2 Å². The number of hydrogen-bond donors (Lipinski definition) is 1. The van der Waals surface area contributed by atoms with E-state index in [-0.39, 0.29) is 11.9 Å². The Morgan fingerprint density at radius 3 is 2.52 bits per heavy atom. The summed E-state index contributed by atoms with van der Waals surface area (Å²) in [7, 11) is 1.82. The zero-order valence-electron chi connectivity index (χ0n) is 16.0. The van der Waals surface area contributed by atoms with Crippen LogP contribution < -0.4 is 5.32 Å².